The minimum absolute atomic E-state index is 0.392. The van der Waals surface area contributed by atoms with Gasteiger partial charge >= 0.3 is 0 Å². The number of allylic oxidation sites excluding steroid dienone is 2. The number of hydrogen-bond donors (Lipinski definition) is 0. The molecule has 0 heteroatoms. The van der Waals surface area contributed by atoms with Gasteiger partial charge in [0.05, 0.1) is 0 Å². The van der Waals surface area contributed by atoms with Crippen molar-refractivity contribution in [2.24, 2.45) is 5.41 Å². The molecule has 79 valence electrons. The Bertz CT molecular complexity index is 354. The Balaban J connectivity index is 2.17. The first-order valence-electron chi connectivity index (χ1n) is 5.68. The molecule has 0 heterocycles. The molecule has 15 heavy (non-hydrogen) atoms. The Kier molecular flexibility index (Phi) is 2.68. The summed E-state index contributed by atoms with van der Waals surface area (Å²) in [6.45, 7) is 8.52. The molecule has 0 fully saturated rings. The maximum Gasteiger partial charge on any atom is 0.00184 e. The van der Waals surface area contributed by atoms with Crippen molar-refractivity contribution in [2.45, 2.75) is 32.6 Å². The number of rotatable bonds is 1. The summed E-state index contributed by atoms with van der Waals surface area (Å²) in [4.78, 5) is 0. The quantitative estimate of drug-likeness (QED) is 0.591. The van der Waals surface area contributed by atoms with Crippen molar-refractivity contribution in [2.75, 3.05) is 0 Å². The van der Waals surface area contributed by atoms with E-state index in [0.717, 1.165) is 5.56 Å². The maximum atomic E-state index is 3.91. The van der Waals surface area contributed by atoms with Crippen LogP contribution in [0.15, 0.2) is 36.4 Å². The van der Waals surface area contributed by atoms with E-state index in [1.807, 2.05) is 0 Å². The molecular weight excluding hydrogens is 180 g/mol. The molecule has 1 aliphatic rings. The fourth-order valence-corrected chi connectivity index (χ4v) is 2.13. The molecule has 1 aliphatic carbocycles. The largest absolute Gasteiger partial charge is 0.0822 e. The second kappa shape index (κ2) is 3.84. The summed E-state index contributed by atoms with van der Waals surface area (Å²) in [5.74, 6) is 0.610. The lowest BCUT2D eigenvalue weighted by molar-refractivity contribution is 0.389. The summed E-state index contributed by atoms with van der Waals surface area (Å²) in [5, 5.41) is 0. The Morgan fingerprint density at radius 1 is 1.20 bits per heavy atom. The minimum Gasteiger partial charge on any atom is -0.0822 e. The zero-order valence-corrected chi connectivity index (χ0v) is 9.66. The normalized spacial score (nSPS) is 24.1. The molecule has 1 atom stereocenters. The van der Waals surface area contributed by atoms with Crippen molar-refractivity contribution in [3.8, 4) is 0 Å². The average molecular weight is 199 g/mol. The molecule has 0 N–H and O–H groups in total. The minimum atomic E-state index is 0.392. The second-order valence-electron chi connectivity index (χ2n) is 5.23. The van der Waals surface area contributed by atoms with Gasteiger partial charge in [-0.1, -0.05) is 50.3 Å². The van der Waals surface area contributed by atoms with Crippen LogP contribution < -0.4 is 0 Å². The molecule has 2 rings (SSSR count). The van der Waals surface area contributed by atoms with Gasteiger partial charge in [0.15, 0.2) is 0 Å². The standard InChI is InChI=1S/C15H19/c1-12-4-6-13(7-5-12)14-8-10-15(2,3)11-9-14/h4-8,10,14H,1,9,11H2,2-3H3. The monoisotopic (exact) mass is 199 g/mol. The van der Waals surface area contributed by atoms with Crippen LogP contribution in [0.25, 0.3) is 0 Å². The first-order valence-corrected chi connectivity index (χ1v) is 5.68. The Labute approximate surface area is 93.0 Å². The second-order valence-corrected chi connectivity index (χ2v) is 5.23. The van der Waals surface area contributed by atoms with E-state index in [4.69, 9.17) is 0 Å². The van der Waals surface area contributed by atoms with Crippen LogP contribution in [0.1, 0.15) is 43.7 Å². The summed E-state index contributed by atoms with van der Waals surface area (Å²) in [7, 11) is 0. The van der Waals surface area contributed by atoms with E-state index in [-0.39, 0.29) is 0 Å². The molecule has 0 saturated carbocycles. The maximum absolute atomic E-state index is 3.91. The first-order chi connectivity index (χ1) is 7.07. The van der Waals surface area contributed by atoms with Crippen molar-refractivity contribution in [3.05, 3.63) is 54.5 Å². The molecule has 1 aromatic rings. The summed E-state index contributed by atoms with van der Waals surface area (Å²) in [5.41, 5.74) is 2.91. The molecule has 0 nitrogen and oxygen atoms in total. The first kappa shape index (κ1) is 10.5. The van der Waals surface area contributed by atoms with Gasteiger partial charge < -0.3 is 0 Å². The van der Waals surface area contributed by atoms with Crippen LogP contribution in [-0.2, 0) is 0 Å². The molecule has 0 saturated heterocycles. The Morgan fingerprint density at radius 3 is 2.40 bits per heavy atom. The molecule has 0 bridgehead atoms. The van der Waals surface area contributed by atoms with Crippen LogP contribution in [0.3, 0.4) is 0 Å². The Morgan fingerprint density at radius 2 is 1.87 bits per heavy atom. The third-order valence-electron chi connectivity index (χ3n) is 3.29. The zero-order valence-electron chi connectivity index (χ0n) is 9.66. The van der Waals surface area contributed by atoms with Gasteiger partial charge in [-0.2, -0.15) is 0 Å². The lowest BCUT2D eigenvalue weighted by Gasteiger charge is -2.28. The number of hydrogen-bond acceptors (Lipinski definition) is 0. The van der Waals surface area contributed by atoms with Crippen LogP contribution in [-0.4, -0.2) is 0 Å². The topological polar surface area (TPSA) is 0 Å². The summed E-state index contributed by atoms with van der Waals surface area (Å²) in [6, 6.07) is 8.61. The fraction of sp³-hybridized carbons (Fsp3) is 0.400. The number of benzene rings is 1. The van der Waals surface area contributed by atoms with Crippen molar-refractivity contribution in [1.29, 1.82) is 0 Å². The molecule has 0 amide bonds. The molecule has 0 spiro atoms. The van der Waals surface area contributed by atoms with E-state index >= 15 is 0 Å². The van der Waals surface area contributed by atoms with E-state index in [1.165, 1.54) is 18.4 Å². The molecular formula is C15H19. The highest BCUT2D eigenvalue weighted by Gasteiger charge is 2.22. The summed E-state index contributed by atoms with van der Waals surface area (Å²) < 4.78 is 0. The van der Waals surface area contributed by atoms with Gasteiger partial charge in [-0.05, 0) is 36.3 Å². The van der Waals surface area contributed by atoms with E-state index < -0.39 is 0 Å². The van der Waals surface area contributed by atoms with Gasteiger partial charge in [0, 0.05) is 5.92 Å². The molecule has 0 aromatic heterocycles. The van der Waals surface area contributed by atoms with Crippen LogP contribution in [0.4, 0.5) is 0 Å². The lowest BCUT2D eigenvalue weighted by atomic mass is 9.77. The van der Waals surface area contributed by atoms with Crippen molar-refractivity contribution in [3.63, 3.8) is 0 Å². The van der Waals surface area contributed by atoms with E-state index in [9.17, 15) is 0 Å². The van der Waals surface area contributed by atoms with E-state index in [1.54, 1.807) is 0 Å². The van der Waals surface area contributed by atoms with Gasteiger partial charge in [-0.15, -0.1) is 0 Å². The Hall–Kier alpha value is -1.04. The van der Waals surface area contributed by atoms with Crippen LogP contribution in [0, 0.1) is 12.3 Å². The highest BCUT2D eigenvalue weighted by Crippen LogP contribution is 2.36. The van der Waals surface area contributed by atoms with Gasteiger partial charge in [0.2, 0.25) is 0 Å². The highest BCUT2D eigenvalue weighted by atomic mass is 14.3. The summed E-state index contributed by atoms with van der Waals surface area (Å²) >= 11 is 0. The van der Waals surface area contributed by atoms with Crippen LogP contribution >= 0.6 is 0 Å². The molecule has 0 aliphatic heterocycles. The van der Waals surface area contributed by atoms with Crippen LogP contribution in [0.2, 0.25) is 0 Å². The van der Waals surface area contributed by atoms with Gasteiger partial charge in [0.1, 0.15) is 0 Å². The van der Waals surface area contributed by atoms with Crippen molar-refractivity contribution in [1.82, 2.24) is 0 Å². The molecule has 1 aromatic carbocycles. The predicted octanol–water partition coefficient (Wildman–Crippen LogP) is 4.33. The highest BCUT2D eigenvalue weighted by molar-refractivity contribution is 5.30. The third-order valence-corrected chi connectivity index (χ3v) is 3.29. The van der Waals surface area contributed by atoms with Gasteiger partial charge in [-0.3, -0.25) is 0 Å². The fourth-order valence-electron chi connectivity index (χ4n) is 2.13. The predicted molar refractivity (Wildman–Crippen MR) is 65.8 cm³/mol. The van der Waals surface area contributed by atoms with Gasteiger partial charge in [0.25, 0.3) is 0 Å². The third kappa shape index (κ3) is 2.50. The average Bonchev–Trinajstić information content (AvgIpc) is 2.20. The summed E-state index contributed by atoms with van der Waals surface area (Å²) in [6.07, 6.45) is 7.27. The molecule has 1 unspecified atom stereocenters. The van der Waals surface area contributed by atoms with E-state index in [2.05, 4.69) is 57.2 Å². The molecule has 1 radical (unpaired) electrons. The van der Waals surface area contributed by atoms with Crippen LogP contribution in [0.5, 0.6) is 0 Å². The van der Waals surface area contributed by atoms with Crippen molar-refractivity contribution < 1.29 is 0 Å². The zero-order chi connectivity index (χ0) is 10.9. The van der Waals surface area contributed by atoms with Gasteiger partial charge in [-0.25, -0.2) is 0 Å². The SMILES string of the molecule is [CH2]c1ccc(C2C=CC(C)(C)CC2)cc1. The van der Waals surface area contributed by atoms with E-state index in [0.29, 0.717) is 11.3 Å². The van der Waals surface area contributed by atoms with Crippen molar-refractivity contribution >= 4 is 0 Å². The lowest BCUT2D eigenvalue weighted by Crippen LogP contribution is -2.14. The smallest absolute Gasteiger partial charge is 0.00184 e.